The van der Waals surface area contributed by atoms with E-state index < -0.39 is 0 Å². The minimum atomic E-state index is -0.378. The molecule has 1 heterocycles. The SMILES string of the molecule is CCNC(=NCc1ccc(C#N)cc1F)NC1CCN(C2CC2)CC1.I. The monoisotopic (exact) mass is 471 g/mol. The molecule has 0 unspecified atom stereocenters. The predicted molar refractivity (Wildman–Crippen MR) is 112 cm³/mol. The third kappa shape index (κ3) is 5.81. The van der Waals surface area contributed by atoms with Crippen LogP contribution in [-0.4, -0.2) is 42.6 Å². The second-order valence-corrected chi connectivity index (χ2v) is 6.80. The van der Waals surface area contributed by atoms with Crippen LogP contribution >= 0.6 is 24.0 Å². The van der Waals surface area contributed by atoms with Crippen molar-refractivity contribution in [3.05, 3.63) is 35.1 Å². The first-order valence-electron chi connectivity index (χ1n) is 9.17. The Labute approximate surface area is 172 Å². The van der Waals surface area contributed by atoms with E-state index in [1.54, 1.807) is 12.1 Å². The topological polar surface area (TPSA) is 63.5 Å². The molecule has 1 aromatic rings. The number of rotatable bonds is 5. The zero-order chi connectivity index (χ0) is 17.6. The van der Waals surface area contributed by atoms with Crippen molar-refractivity contribution in [3.63, 3.8) is 0 Å². The van der Waals surface area contributed by atoms with Crippen molar-refractivity contribution in [2.24, 2.45) is 4.99 Å². The molecule has 0 spiro atoms. The lowest BCUT2D eigenvalue weighted by atomic mass is 10.1. The number of halogens is 2. The second-order valence-electron chi connectivity index (χ2n) is 6.80. The van der Waals surface area contributed by atoms with Crippen LogP contribution in [0.15, 0.2) is 23.2 Å². The molecule has 0 amide bonds. The number of aliphatic imine (C=N–C) groups is 1. The molecule has 2 N–H and O–H groups in total. The molecule has 2 fully saturated rings. The van der Waals surface area contributed by atoms with Gasteiger partial charge in [0.1, 0.15) is 5.82 Å². The van der Waals surface area contributed by atoms with Gasteiger partial charge < -0.3 is 15.5 Å². The number of hydrogen-bond donors (Lipinski definition) is 2. The van der Waals surface area contributed by atoms with E-state index in [9.17, 15) is 4.39 Å². The highest BCUT2D eigenvalue weighted by Gasteiger charge is 2.31. The van der Waals surface area contributed by atoms with E-state index in [1.165, 1.54) is 18.9 Å². The van der Waals surface area contributed by atoms with E-state index in [0.717, 1.165) is 44.5 Å². The van der Waals surface area contributed by atoms with Crippen LogP contribution in [0.3, 0.4) is 0 Å². The fraction of sp³-hybridized carbons (Fsp3) is 0.579. The normalized spacial score (nSPS) is 18.7. The summed E-state index contributed by atoms with van der Waals surface area (Å²) in [6.45, 7) is 5.34. The van der Waals surface area contributed by atoms with Gasteiger partial charge in [0.2, 0.25) is 0 Å². The minimum absolute atomic E-state index is 0. The van der Waals surface area contributed by atoms with Gasteiger partial charge in [-0.15, -0.1) is 24.0 Å². The van der Waals surface area contributed by atoms with Crippen LogP contribution in [0.5, 0.6) is 0 Å². The van der Waals surface area contributed by atoms with E-state index in [4.69, 9.17) is 5.26 Å². The first-order chi connectivity index (χ1) is 12.2. The van der Waals surface area contributed by atoms with Crippen LogP contribution in [0.4, 0.5) is 4.39 Å². The van der Waals surface area contributed by atoms with Gasteiger partial charge in [-0.05, 0) is 44.7 Å². The highest BCUT2D eigenvalue weighted by molar-refractivity contribution is 14.0. The molecule has 1 saturated carbocycles. The number of likely N-dealkylation sites (tertiary alicyclic amines) is 1. The summed E-state index contributed by atoms with van der Waals surface area (Å²) in [7, 11) is 0. The molecule has 1 aromatic carbocycles. The van der Waals surface area contributed by atoms with Gasteiger partial charge in [0, 0.05) is 37.3 Å². The average Bonchev–Trinajstić information content (AvgIpc) is 3.46. The summed E-state index contributed by atoms with van der Waals surface area (Å²) in [6.07, 6.45) is 4.95. The lowest BCUT2D eigenvalue weighted by Gasteiger charge is -2.33. The van der Waals surface area contributed by atoms with Gasteiger partial charge in [0.15, 0.2) is 5.96 Å². The Morgan fingerprint density at radius 1 is 1.31 bits per heavy atom. The zero-order valence-corrected chi connectivity index (χ0v) is 17.5. The van der Waals surface area contributed by atoms with Crippen molar-refractivity contribution in [1.29, 1.82) is 5.26 Å². The molecule has 26 heavy (non-hydrogen) atoms. The quantitative estimate of drug-likeness (QED) is 0.394. The van der Waals surface area contributed by atoms with Gasteiger partial charge >= 0.3 is 0 Å². The molecule has 0 radical (unpaired) electrons. The van der Waals surface area contributed by atoms with E-state index in [1.807, 2.05) is 13.0 Å². The highest BCUT2D eigenvalue weighted by atomic mass is 127. The van der Waals surface area contributed by atoms with Gasteiger partial charge in [0.25, 0.3) is 0 Å². The molecular weight excluding hydrogens is 444 g/mol. The number of nitriles is 1. The fourth-order valence-corrected chi connectivity index (χ4v) is 3.27. The molecule has 142 valence electrons. The molecule has 0 aromatic heterocycles. The Bertz CT molecular complexity index is 660. The Kier molecular flexibility index (Phi) is 8.10. The predicted octanol–water partition coefficient (Wildman–Crippen LogP) is 3.00. The molecular formula is C19H27FIN5. The lowest BCUT2D eigenvalue weighted by molar-refractivity contribution is 0.197. The van der Waals surface area contributed by atoms with E-state index in [0.29, 0.717) is 17.2 Å². The van der Waals surface area contributed by atoms with Gasteiger partial charge in [-0.1, -0.05) is 6.07 Å². The number of piperidine rings is 1. The first-order valence-corrected chi connectivity index (χ1v) is 9.17. The van der Waals surface area contributed by atoms with Gasteiger partial charge in [-0.2, -0.15) is 5.26 Å². The first kappa shape index (κ1) is 20.9. The largest absolute Gasteiger partial charge is 0.357 e. The van der Waals surface area contributed by atoms with Gasteiger partial charge in [0.05, 0.1) is 18.2 Å². The molecule has 1 aliphatic heterocycles. The number of hydrogen-bond acceptors (Lipinski definition) is 3. The Morgan fingerprint density at radius 2 is 2.04 bits per heavy atom. The average molecular weight is 471 g/mol. The third-order valence-electron chi connectivity index (χ3n) is 4.87. The maximum absolute atomic E-state index is 14.0. The summed E-state index contributed by atoms with van der Waals surface area (Å²) in [5.41, 5.74) is 0.831. The van der Waals surface area contributed by atoms with Crippen LogP contribution in [0, 0.1) is 17.1 Å². The molecule has 3 rings (SSSR count). The van der Waals surface area contributed by atoms with Crippen LogP contribution in [0.1, 0.15) is 43.7 Å². The summed E-state index contributed by atoms with van der Waals surface area (Å²) >= 11 is 0. The van der Waals surface area contributed by atoms with E-state index >= 15 is 0 Å². The van der Waals surface area contributed by atoms with Crippen LogP contribution in [0.25, 0.3) is 0 Å². The molecule has 7 heteroatoms. The number of benzene rings is 1. The maximum atomic E-state index is 14.0. The Morgan fingerprint density at radius 3 is 2.62 bits per heavy atom. The van der Waals surface area contributed by atoms with E-state index in [2.05, 4.69) is 20.5 Å². The molecule has 1 saturated heterocycles. The maximum Gasteiger partial charge on any atom is 0.191 e. The molecule has 5 nitrogen and oxygen atoms in total. The highest BCUT2D eigenvalue weighted by Crippen LogP contribution is 2.29. The summed E-state index contributed by atoms with van der Waals surface area (Å²) in [5.74, 6) is 0.354. The Balaban J connectivity index is 0.00000243. The number of nitrogens with zero attached hydrogens (tertiary/aromatic N) is 3. The number of guanidine groups is 1. The van der Waals surface area contributed by atoms with Crippen LogP contribution in [-0.2, 0) is 6.54 Å². The van der Waals surface area contributed by atoms with Crippen molar-refractivity contribution in [3.8, 4) is 6.07 Å². The number of nitrogens with one attached hydrogen (secondary N) is 2. The molecule has 0 bridgehead atoms. The standard InChI is InChI=1S/C19H26FN5.HI/c1-2-22-19(23-13-15-4-3-14(12-21)11-18(15)20)24-16-7-9-25(10-8-16)17-5-6-17;/h3-4,11,16-17H,2,5-10,13H2,1H3,(H2,22,23,24);1H. The van der Waals surface area contributed by atoms with Crippen LogP contribution in [0.2, 0.25) is 0 Å². The summed E-state index contributed by atoms with van der Waals surface area (Å²) in [4.78, 5) is 7.11. The fourth-order valence-electron chi connectivity index (χ4n) is 3.27. The smallest absolute Gasteiger partial charge is 0.191 e. The lowest BCUT2D eigenvalue weighted by Crippen LogP contribution is -2.49. The van der Waals surface area contributed by atoms with E-state index in [-0.39, 0.29) is 36.3 Å². The molecule has 1 aliphatic carbocycles. The van der Waals surface area contributed by atoms with Crippen molar-refractivity contribution < 1.29 is 4.39 Å². The third-order valence-corrected chi connectivity index (χ3v) is 4.87. The Hall–Kier alpha value is -1.40. The van der Waals surface area contributed by atoms with Crippen LogP contribution < -0.4 is 10.6 Å². The van der Waals surface area contributed by atoms with Gasteiger partial charge in [-0.3, -0.25) is 0 Å². The van der Waals surface area contributed by atoms with Crippen molar-refractivity contribution in [2.75, 3.05) is 19.6 Å². The summed E-state index contributed by atoms with van der Waals surface area (Å²) in [6, 6.07) is 7.72. The second kappa shape index (κ2) is 10.1. The summed E-state index contributed by atoms with van der Waals surface area (Å²) < 4.78 is 14.0. The molecule has 2 aliphatic rings. The summed E-state index contributed by atoms with van der Waals surface area (Å²) in [5, 5.41) is 15.5. The minimum Gasteiger partial charge on any atom is -0.357 e. The van der Waals surface area contributed by atoms with Gasteiger partial charge in [-0.25, -0.2) is 9.38 Å². The van der Waals surface area contributed by atoms with Crippen molar-refractivity contribution in [1.82, 2.24) is 15.5 Å². The molecule has 0 atom stereocenters. The zero-order valence-electron chi connectivity index (χ0n) is 15.2. The van der Waals surface area contributed by atoms with Crippen molar-refractivity contribution >= 4 is 29.9 Å². The van der Waals surface area contributed by atoms with Crippen molar-refractivity contribution in [2.45, 2.75) is 51.2 Å².